The fraction of sp³-hybridized carbons (Fsp3) is 0.600. The number of rotatable bonds is 8. The number of hydrogen-bond donors (Lipinski definition) is 1. The third kappa shape index (κ3) is 6.35. The van der Waals surface area contributed by atoms with Gasteiger partial charge in [-0.3, -0.25) is 0 Å². The van der Waals surface area contributed by atoms with Crippen LogP contribution in [0.1, 0.15) is 30.5 Å². The van der Waals surface area contributed by atoms with Gasteiger partial charge in [0.25, 0.3) is 0 Å². The van der Waals surface area contributed by atoms with Crippen molar-refractivity contribution in [3.8, 4) is 5.75 Å². The first kappa shape index (κ1) is 17.8. The Morgan fingerprint density at radius 3 is 2.52 bits per heavy atom. The van der Waals surface area contributed by atoms with Crippen molar-refractivity contribution in [2.75, 3.05) is 26.9 Å². The minimum atomic E-state index is -4.30. The third-order valence-electron chi connectivity index (χ3n) is 3.01. The summed E-state index contributed by atoms with van der Waals surface area (Å²) in [5.74, 6) is 0.754. The second-order valence-corrected chi connectivity index (χ2v) is 4.87. The van der Waals surface area contributed by atoms with Crippen LogP contribution in [0.4, 0.5) is 13.2 Å². The van der Waals surface area contributed by atoms with Crippen LogP contribution < -0.4 is 10.1 Å². The van der Waals surface area contributed by atoms with Gasteiger partial charge < -0.3 is 14.8 Å². The predicted octanol–water partition coefficient (Wildman–Crippen LogP) is 3.62. The van der Waals surface area contributed by atoms with Crippen LogP contribution in [0.2, 0.25) is 0 Å². The number of ether oxygens (including phenoxy) is 2. The lowest BCUT2D eigenvalue weighted by Crippen LogP contribution is -2.28. The first-order valence-electron chi connectivity index (χ1n) is 6.89. The van der Waals surface area contributed by atoms with E-state index in [9.17, 15) is 13.2 Å². The van der Waals surface area contributed by atoms with Gasteiger partial charge in [0.2, 0.25) is 0 Å². The van der Waals surface area contributed by atoms with Gasteiger partial charge in [-0.1, -0.05) is 19.1 Å². The van der Waals surface area contributed by atoms with E-state index in [4.69, 9.17) is 9.47 Å². The third-order valence-corrected chi connectivity index (χ3v) is 3.01. The maximum atomic E-state index is 12.2. The summed E-state index contributed by atoms with van der Waals surface area (Å²) < 4.78 is 46.5. The fourth-order valence-electron chi connectivity index (χ4n) is 2.00. The SMILES string of the molecule is CCCNC(COCC(F)(F)F)c1ccc(OC)c(C)c1. The molecular formula is C15H22F3NO2. The number of benzene rings is 1. The predicted molar refractivity (Wildman–Crippen MR) is 75.6 cm³/mol. The van der Waals surface area contributed by atoms with Gasteiger partial charge in [0.15, 0.2) is 0 Å². The highest BCUT2D eigenvalue weighted by Gasteiger charge is 2.28. The summed E-state index contributed by atoms with van der Waals surface area (Å²) in [5.41, 5.74) is 1.83. The fourth-order valence-corrected chi connectivity index (χ4v) is 2.00. The van der Waals surface area contributed by atoms with Crippen molar-refractivity contribution in [3.05, 3.63) is 29.3 Å². The van der Waals surface area contributed by atoms with E-state index < -0.39 is 12.8 Å². The van der Waals surface area contributed by atoms with E-state index in [1.165, 1.54) is 0 Å². The van der Waals surface area contributed by atoms with E-state index in [0.29, 0.717) is 6.54 Å². The number of aryl methyl sites for hydroxylation is 1. The standard InChI is InChI=1S/C15H22F3NO2/c1-4-7-19-13(9-21-10-15(16,17)18)12-5-6-14(20-3)11(2)8-12/h5-6,8,13,19H,4,7,9-10H2,1-3H3. The van der Waals surface area contributed by atoms with Crippen LogP contribution >= 0.6 is 0 Å². The molecule has 1 rings (SSSR count). The Balaban J connectivity index is 2.74. The summed E-state index contributed by atoms with van der Waals surface area (Å²) in [6.07, 6.45) is -3.41. The molecule has 3 nitrogen and oxygen atoms in total. The smallest absolute Gasteiger partial charge is 0.411 e. The first-order chi connectivity index (χ1) is 9.87. The molecular weight excluding hydrogens is 283 g/mol. The molecule has 0 aliphatic rings. The Hall–Kier alpha value is -1.27. The molecule has 1 unspecified atom stereocenters. The molecule has 0 radical (unpaired) electrons. The van der Waals surface area contributed by atoms with E-state index in [2.05, 4.69) is 5.32 Å². The van der Waals surface area contributed by atoms with E-state index >= 15 is 0 Å². The summed E-state index contributed by atoms with van der Waals surface area (Å²) in [5, 5.41) is 3.20. The van der Waals surface area contributed by atoms with Crippen molar-refractivity contribution >= 4 is 0 Å². The monoisotopic (exact) mass is 305 g/mol. The zero-order valence-corrected chi connectivity index (χ0v) is 12.6. The number of hydrogen-bond acceptors (Lipinski definition) is 3. The molecule has 0 spiro atoms. The molecule has 0 saturated carbocycles. The topological polar surface area (TPSA) is 30.5 Å². The number of alkyl halides is 3. The van der Waals surface area contributed by atoms with Gasteiger partial charge in [-0.05, 0) is 37.1 Å². The number of halogens is 3. The van der Waals surface area contributed by atoms with Gasteiger partial charge in [-0.15, -0.1) is 0 Å². The van der Waals surface area contributed by atoms with Gasteiger partial charge >= 0.3 is 6.18 Å². The van der Waals surface area contributed by atoms with Crippen LogP contribution in [0.3, 0.4) is 0 Å². The van der Waals surface area contributed by atoms with Gasteiger partial charge in [0.05, 0.1) is 19.8 Å². The largest absolute Gasteiger partial charge is 0.496 e. The van der Waals surface area contributed by atoms with E-state index in [0.717, 1.165) is 23.3 Å². The molecule has 0 amide bonds. The Morgan fingerprint density at radius 2 is 2.00 bits per heavy atom. The van der Waals surface area contributed by atoms with Crippen molar-refractivity contribution in [2.45, 2.75) is 32.5 Å². The van der Waals surface area contributed by atoms with Gasteiger partial charge in [0.1, 0.15) is 12.4 Å². The van der Waals surface area contributed by atoms with Crippen LogP contribution in [0.15, 0.2) is 18.2 Å². The summed E-state index contributed by atoms with van der Waals surface area (Å²) in [6.45, 7) is 3.36. The zero-order valence-electron chi connectivity index (χ0n) is 12.6. The number of methoxy groups -OCH3 is 1. The van der Waals surface area contributed by atoms with Gasteiger partial charge in [0, 0.05) is 0 Å². The molecule has 1 aromatic rings. The molecule has 0 heterocycles. The lowest BCUT2D eigenvalue weighted by atomic mass is 10.0. The van der Waals surface area contributed by atoms with E-state index in [-0.39, 0.29) is 12.6 Å². The maximum Gasteiger partial charge on any atom is 0.411 e. The average Bonchev–Trinajstić information content (AvgIpc) is 2.41. The Bertz CT molecular complexity index is 435. The summed E-state index contributed by atoms with van der Waals surface area (Å²) in [6, 6.07) is 5.30. The lowest BCUT2D eigenvalue weighted by Gasteiger charge is -2.20. The van der Waals surface area contributed by atoms with Crippen LogP contribution in [0.5, 0.6) is 5.75 Å². The molecule has 0 fully saturated rings. The normalized spacial score (nSPS) is 13.2. The molecule has 6 heteroatoms. The van der Waals surface area contributed by atoms with Crippen molar-refractivity contribution < 1.29 is 22.6 Å². The highest BCUT2D eigenvalue weighted by Crippen LogP contribution is 2.23. The molecule has 21 heavy (non-hydrogen) atoms. The zero-order chi connectivity index (χ0) is 15.9. The first-order valence-corrected chi connectivity index (χ1v) is 6.89. The van der Waals surface area contributed by atoms with Crippen LogP contribution in [-0.4, -0.2) is 33.0 Å². The summed E-state index contributed by atoms with van der Waals surface area (Å²) in [4.78, 5) is 0. The quantitative estimate of drug-likeness (QED) is 0.795. The van der Waals surface area contributed by atoms with Crippen LogP contribution in [0, 0.1) is 6.92 Å². The molecule has 0 bridgehead atoms. The summed E-state index contributed by atoms with van der Waals surface area (Å²) in [7, 11) is 1.58. The lowest BCUT2D eigenvalue weighted by molar-refractivity contribution is -0.175. The second kappa shape index (κ2) is 8.24. The van der Waals surface area contributed by atoms with Gasteiger partial charge in [-0.25, -0.2) is 0 Å². The highest BCUT2D eigenvalue weighted by molar-refractivity contribution is 5.37. The van der Waals surface area contributed by atoms with Crippen LogP contribution in [0.25, 0.3) is 0 Å². The molecule has 1 N–H and O–H groups in total. The highest BCUT2D eigenvalue weighted by atomic mass is 19.4. The molecule has 0 aliphatic heterocycles. The Morgan fingerprint density at radius 1 is 1.29 bits per heavy atom. The maximum absolute atomic E-state index is 12.2. The van der Waals surface area contributed by atoms with Crippen molar-refractivity contribution in [2.24, 2.45) is 0 Å². The van der Waals surface area contributed by atoms with Gasteiger partial charge in [-0.2, -0.15) is 13.2 Å². The molecule has 0 saturated heterocycles. The minimum Gasteiger partial charge on any atom is -0.496 e. The molecule has 0 aromatic heterocycles. The van der Waals surface area contributed by atoms with Crippen molar-refractivity contribution in [3.63, 3.8) is 0 Å². The Labute approximate surface area is 123 Å². The van der Waals surface area contributed by atoms with Crippen LogP contribution in [-0.2, 0) is 4.74 Å². The Kier molecular flexibility index (Phi) is 6.98. The summed E-state index contributed by atoms with van der Waals surface area (Å²) >= 11 is 0. The molecule has 1 aromatic carbocycles. The second-order valence-electron chi connectivity index (χ2n) is 4.87. The van der Waals surface area contributed by atoms with Crippen molar-refractivity contribution in [1.82, 2.24) is 5.32 Å². The molecule has 120 valence electrons. The minimum absolute atomic E-state index is 0.0225. The molecule has 1 atom stereocenters. The van der Waals surface area contributed by atoms with E-state index in [1.54, 1.807) is 7.11 Å². The number of nitrogens with one attached hydrogen (secondary N) is 1. The average molecular weight is 305 g/mol. The molecule has 0 aliphatic carbocycles. The van der Waals surface area contributed by atoms with Crippen molar-refractivity contribution in [1.29, 1.82) is 0 Å². The van der Waals surface area contributed by atoms with E-state index in [1.807, 2.05) is 32.0 Å².